The molecule has 1 aliphatic rings. The molecule has 128 valence electrons. The van der Waals surface area contributed by atoms with Gasteiger partial charge in [0.1, 0.15) is 5.75 Å². The normalized spacial score (nSPS) is 17.2. The van der Waals surface area contributed by atoms with Crippen molar-refractivity contribution in [2.75, 3.05) is 25.5 Å². The first-order chi connectivity index (χ1) is 11.1. The van der Waals surface area contributed by atoms with E-state index in [1.807, 2.05) is 0 Å². The molecule has 1 aliphatic heterocycles. The molecule has 1 heterocycles. The van der Waals surface area contributed by atoms with Crippen LogP contribution in [0.1, 0.15) is 43.7 Å². The number of carbonyl (C=O) groups excluding carboxylic acids is 1. The van der Waals surface area contributed by atoms with Gasteiger partial charge in [-0.1, -0.05) is 38.1 Å². The maximum absolute atomic E-state index is 12.1. The third-order valence-electron chi connectivity index (χ3n) is 4.20. The molecule has 0 saturated carbocycles. The van der Waals surface area contributed by atoms with E-state index in [2.05, 4.69) is 43.4 Å². The highest BCUT2D eigenvalue weighted by molar-refractivity contribution is 7.86. The Morgan fingerprint density at radius 1 is 1.26 bits per heavy atom. The Labute approximate surface area is 141 Å². The Hall–Kier alpha value is -1.20. The highest BCUT2D eigenvalue weighted by Crippen LogP contribution is 2.15. The molecule has 4 nitrogen and oxygen atoms in total. The molecule has 0 aromatic heterocycles. The highest BCUT2D eigenvalue weighted by atomic mass is 32.2. The Morgan fingerprint density at radius 3 is 2.52 bits per heavy atom. The van der Waals surface area contributed by atoms with Gasteiger partial charge in [0, 0.05) is 35.8 Å². The number of hydrogen-bond acceptors (Lipinski definition) is 3. The molecule has 5 heteroatoms. The fourth-order valence-electron chi connectivity index (χ4n) is 2.65. The van der Waals surface area contributed by atoms with Crippen LogP contribution in [-0.2, 0) is 26.8 Å². The average Bonchev–Trinajstić information content (AvgIpc) is 2.56. The number of carbonyl (C=O) groups is 1. The van der Waals surface area contributed by atoms with Crippen molar-refractivity contribution < 1.29 is 13.7 Å². The third kappa shape index (κ3) is 6.07. The number of hydrogen-bond donors (Lipinski definition) is 1. The summed E-state index contributed by atoms with van der Waals surface area (Å²) in [4.78, 5) is 11.9. The van der Waals surface area contributed by atoms with Crippen molar-refractivity contribution in [3.8, 4) is 0 Å². The molecule has 1 fully saturated rings. The van der Waals surface area contributed by atoms with Gasteiger partial charge in [-0.05, 0) is 36.3 Å². The van der Waals surface area contributed by atoms with Gasteiger partial charge in [-0.15, -0.1) is 0 Å². The largest absolute Gasteiger partial charge is 0.381 e. The van der Waals surface area contributed by atoms with E-state index in [0.29, 0.717) is 25.7 Å². The zero-order valence-electron chi connectivity index (χ0n) is 14.0. The molecular formula is C18H27NO3S. The van der Waals surface area contributed by atoms with E-state index in [9.17, 15) is 9.00 Å². The summed E-state index contributed by atoms with van der Waals surface area (Å²) >= 11 is 0. The Bertz CT molecular complexity index is 522. The summed E-state index contributed by atoms with van der Waals surface area (Å²) < 4.78 is 17.4. The quantitative estimate of drug-likeness (QED) is 0.831. The second-order valence-electron chi connectivity index (χ2n) is 6.33. The van der Waals surface area contributed by atoms with Gasteiger partial charge in [-0.25, -0.2) is 0 Å². The van der Waals surface area contributed by atoms with Crippen LogP contribution in [-0.4, -0.2) is 40.9 Å². The molecule has 23 heavy (non-hydrogen) atoms. The Morgan fingerprint density at radius 2 is 1.91 bits per heavy atom. The van der Waals surface area contributed by atoms with Gasteiger partial charge < -0.3 is 10.1 Å². The Balaban J connectivity index is 1.68. The SMILES string of the molecule is CC(C)c1ccc(CCNC(=O)C[S@@](=O)C2CCOCC2)cc1. The minimum Gasteiger partial charge on any atom is -0.381 e. The minimum atomic E-state index is -1.08. The molecule has 0 bridgehead atoms. The van der Waals surface area contributed by atoms with Crippen LogP contribution in [0.5, 0.6) is 0 Å². The minimum absolute atomic E-state index is 0.108. The van der Waals surface area contributed by atoms with E-state index in [4.69, 9.17) is 4.74 Å². The lowest BCUT2D eigenvalue weighted by Gasteiger charge is -2.21. The molecule has 2 rings (SSSR count). The van der Waals surface area contributed by atoms with Gasteiger partial charge in [0.2, 0.25) is 5.91 Å². The second-order valence-corrected chi connectivity index (χ2v) is 8.05. The van der Waals surface area contributed by atoms with Gasteiger partial charge >= 0.3 is 0 Å². The summed E-state index contributed by atoms with van der Waals surface area (Å²) in [6, 6.07) is 8.51. The van der Waals surface area contributed by atoms with Crippen LogP contribution in [0.3, 0.4) is 0 Å². The molecule has 0 unspecified atom stereocenters. The molecule has 1 aromatic carbocycles. The number of nitrogens with one attached hydrogen (secondary N) is 1. The van der Waals surface area contributed by atoms with Crippen molar-refractivity contribution in [3.63, 3.8) is 0 Å². The van der Waals surface area contributed by atoms with Crippen molar-refractivity contribution >= 4 is 16.7 Å². The standard InChI is InChI=1S/C18H27NO3S/c1-14(2)16-5-3-15(4-6-16)7-10-19-18(20)13-23(21)17-8-11-22-12-9-17/h3-6,14,17H,7-13H2,1-2H3,(H,19,20)/t23-/m1/s1. The van der Waals surface area contributed by atoms with E-state index < -0.39 is 10.8 Å². The maximum Gasteiger partial charge on any atom is 0.232 e. The van der Waals surface area contributed by atoms with E-state index in [1.54, 1.807) is 0 Å². The van der Waals surface area contributed by atoms with E-state index in [-0.39, 0.29) is 16.9 Å². The van der Waals surface area contributed by atoms with Crippen molar-refractivity contribution in [1.82, 2.24) is 5.32 Å². The third-order valence-corrected chi connectivity index (χ3v) is 5.96. The zero-order chi connectivity index (χ0) is 16.7. The van der Waals surface area contributed by atoms with Crippen molar-refractivity contribution in [1.29, 1.82) is 0 Å². The number of ether oxygens (including phenoxy) is 1. The molecule has 0 radical (unpaired) electrons. The van der Waals surface area contributed by atoms with E-state index in [0.717, 1.165) is 19.3 Å². The van der Waals surface area contributed by atoms with Gasteiger partial charge in [0.15, 0.2) is 0 Å². The van der Waals surface area contributed by atoms with Crippen LogP contribution in [0.4, 0.5) is 0 Å². The summed E-state index contributed by atoms with van der Waals surface area (Å²) in [5.74, 6) is 0.522. The molecule has 0 spiro atoms. The summed E-state index contributed by atoms with van der Waals surface area (Å²) in [5.41, 5.74) is 2.53. The van der Waals surface area contributed by atoms with Crippen molar-refractivity contribution in [3.05, 3.63) is 35.4 Å². The van der Waals surface area contributed by atoms with Crippen LogP contribution in [0, 0.1) is 0 Å². The fraction of sp³-hybridized carbons (Fsp3) is 0.611. The first kappa shape index (κ1) is 18.1. The van der Waals surface area contributed by atoms with Crippen LogP contribution in [0.2, 0.25) is 0 Å². The predicted octanol–water partition coefficient (Wildman–Crippen LogP) is 2.40. The lowest BCUT2D eigenvalue weighted by Crippen LogP contribution is -2.34. The monoisotopic (exact) mass is 337 g/mol. The lowest BCUT2D eigenvalue weighted by atomic mass is 10.0. The average molecular weight is 337 g/mol. The van der Waals surface area contributed by atoms with Gasteiger partial charge in [0.05, 0.1) is 0 Å². The summed E-state index contributed by atoms with van der Waals surface area (Å²) in [6.07, 6.45) is 2.39. The molecule has 1 aromatic rings. The maximum atomic E-state index is 12.1. The highest BCUT2D eigenvalue weighted by Gasteiger charge is 2.21. The first-order valence-electron chi connectivity index (χ1n) is 8.36. The van der Waals surface area contributed by atoms with Crippen molar-refractivity contribution in [2.45, 2.75) is 44.3 Å². The fourth-order valence-corrected chi connectivity index (χ4v) is 3.97. The molecule has 1 N–H and O–H groups in total. The number of amides is 1. The number of rotatable bonds is 7. The van der Waals surface area contributed by atoms with Crippen molar-refractivity contribution in [2.24, 2.45) is 0 Å². The lowest BCUT2D eigenvalue weighted by molar-refractivity contribution is -0.118. The van der Waals surface area contributed by atoms with Crippen LogP contribution >= 0.6 is 0 Å². The summed E-state index contributed by atoms with van der Waals surface area (Å²) in [7, 11) is -1.08. The number of benzene rings is 1. The summed E-state index contributed by atoms with van der Waals surface area (Å²) in [5, 5.41) is 2.98. The first-order valence-corrected chi connectivity index (χ1v) is 9.75. The zero-order valence-corrected chi connectivity index (χ0v) is 14.9. The van der Waals surface area contributed by atoms with Gasteiger partial charge in [-0.2, -0.15) is 0 Å². The second kappa shape index (κ2) is 9.18. The predicted molar refractivity (Wildman–Crippen MR) is 94.1 cm³/mol. The molecule has 1 amide bonds. The molecule has 0 aliphatic carbocycles. The van der Waals surface area contributed by atoms with Crippen LogP contribution < -0.4 is 5.32 Å². The van der Waals surface area contributed by atoms with E-state index in [1.165, 1.54) is 11.1 Å². The van der Waals surface area contributed by atoms with E-state index >= 15 is 0 Å². The topological polar surface area (TPSA) is 55.4 Å². The smallest absolute Gasteiger partial charge is 0.232 e. The Kier molecular flexibility index (Phi) is 7.24. The van der Waals surface area contributed by atoms with Crippen LogP contribution in [0.15, 0.2) is 24.3 Å². The summed E-state index contributed by atoms with van der Waals surface area (Å²) in [6.45, 7) is 6.25. The molecular weight excluding hydrogens is 310 g/mol. The molecule has 1 saturated heterocycles. The molecule has 1 atom stereocenters. The van der Waals surface area contributed by atoms with Gasteiger partial charge in [0.25, 0.3) is 0 Å². The van der Waals surface area contributed by atoms with Gasteiger partial charge in [-0.3, -0.25) is 9.00 Å². The van der Waals surface area contributed by atoms with Crippen LogP contribution in [0.25, 0.3) is 0 Å².